The largest absolute Gasteiger partial charge is 0.421 e. The van der Waals surface area contributed by atoms with E-state index in [0.29, 0.717) is 11.1 Å². The van der Waals surface area contributed by atoms with E-state index in [1.54, 1.807) is 12.1 Å². The molecule has 4 heteroatoms. The molecule has 102 valence electrons. The van der Waals surface area contributed by atoms with Crippen molar-refractivity contribution in [2.24, 2.45) is 4.99 Å². The number of hydrogen-bond acceptors (Lipinski definition) is 4. The smallest absolute Gasteiger partial charge is 0.363 e. The average Bonchev–Trinajstić information content (AvgIpc) is 2.49. The molecule has 0 radical (unpaired) electrons. The molecule has 0 aliphatic heterocycles. The monoisotopic (exact) mass is 277 g/mol. The molecule has 0 spiro atoms. The SMILES string of the molecule is Cc1ccccc1-c1c(N=C=O)c(=O)oc2ccccc12. The van der Waals surface area contributed by atoms with E-state index in [1.807, 2.05) is 43.3 Å². The minimum absolute atomic E-state index is 0.0157. The number of isocyanates is 1. The van der Waals surface area contributed by atoms with Gasteiger partial charge in [-0.2, -0.15) is 4.99 Å². The molecule has 0 amide bonds. The number of aliphatic imine (C=N–C) groups is 1. The fourth-order valence-corrected chi connectivity index (χ4v) is 2.41. The van der Waals surface area contributed by atoms with Gasteiger partial charge in [0, 0.05) is 10.9 Å². The van der Waals surface area contributed by atoms with E-state index in [4.69, 9.17) is 4.42 Å². The van der Waals surface area contributed by atoms with Crippen LogP contribution in [0, 0.1) is 6.92 Å². The summed E-state index contributed by atoms with van der Waals surface area (Å²) in [4.78, 5) is 26.3. The molecule has 0 aliphatic carbocycles. The van der Waals surface area contributed by atoms with Crippen molar-refractivity contribution in [2.45, 2.75) is 6.92 Å². The van der Waals surface area contributed by atoms with Crippen LogP contribution in [-0.4, -0.2) is 6.08 Å². The second-order valence-corrected chi connectivity index (χ2v) is 4.63. The van der Waals surface area contributed by atoms with Crippen LogP contribution in [0.4, 0.5) is 5.69 Å². The number of nitrogens with zero attached hydrogens (tertiary/aromatic N) is 1. The third-order valence-electron chi connectivity index (χ3n) is 3.36. The Hall–Kier alpha value is -2.97. The number of para-hydroxylation sites is 1. The molecule has 3 aromatic rings. The Kier molecular flexibility index (Phi) is 3.22. The molecule has 0 bridgehead atoms. The summed E-state index contributed by atoms with van der Waals surface area (Å²) >= 11 is 0. The van der Waals surface area contributed by atoms with Gasteiger partial charge in [-0.15, -0.1) is 0 Å². The van der Waals surface area contributed by atoms with Gasteiger partial charge in [0.05, 0.1) is 0 Å². The van der Waals surface area contributed by atoms with Gasteiger partial charge in [-0.25, -0.2) is 9.59 Å². The lowest BCUT2D eigenvalue weighted by atomic mass is 9.96. The van der Waals surface area contributed by atoms with Crippen molar-refractivity contribution in [3.63, 3.8) is 0 Å². The minimum atomic E-state index is -0.643. The highest BCUT2D eigenvalue weighted by Gasteiger charge is 2.17. The summed E-state index contributed by atoms with van der Waals surface area (Å²) in [6.45, 7) is 1.94. The fraction of sp³-hybridized carbons (Fsp3) is 0.0588. The minimum Gasteiger partial charge on any atom is -0.421 e. The molecule has 4 nitrogen and oxygen atoms in total. The average molecular weight is 277 g/mol. The number of aryl methyl sites for hydroxylation is 1. The van der Waals surface area contributed by atoms with Crippen LogP contribution in [0.2, 0.25) is 0 Å². The van der Waals surface area contributed by atoms with Gasteiger partial charge in [0.25, 0.3) is 0 Å². The van der Waals surface area contributed by atoms with Crippen LogP contribution < -0.4 is 5.63 Å². The topological polar surface area (TPSA) is 59.6 Å². The molecule has 0 N–H and O–H groups in total. The molecule has 0 saturated heterocycles. The Morgan fingerprint density at radius 3 is 2.52 bits per heavy atom. The first-order valence-electron chi connectivity index (χ1n) is 6.42. The third kappa shape index (κ3) is 2.18. The number of benzene rings is 2. The molecule has 0 atom stereocenters. The summed E-state index contributed by atoms with van der Waals surface area (Å²) in [7, 11) is 0. The lowest BCUT2D eigenvalue weighted by Gasteiger charge is -2.10. The third-order valence-corrected chi connectivity index (χ3v) is 3.36. The van der Waals surface area contributed by atoms with Gasteiger partial charge in [-0.05, 0) is 24.1 Å². The van der Waals surface area contributed by atoms with Gasteiger partial charge in [0.1, 0.15) is 5.58 Å². The quantitative estimate of drug-likeness (QED) is 0.407. The fourth-order valence-electron chi connectivity index (χ4n) is 2.41. The normalized spacial score (nSPS) is 10.3. The van der Waals surface area contributed by atoms with Gasteiger partial charge in [-0.1, -0.05) is 42.5 Å². The van der Waals surface area contributed by atoms with Crippen molar-refractivity contribution in [3.05, 3.63) is 64.5 Å². The highest BCUT2D eigenvalue weighted by atomic mass is 16.4. The summed E-state index contributed by atoms with van der Waals surface area (Å²) < 4.78 is 5.22. The van der Waals surface area contributed by atoms with Crippen LogP contribution in [0.1, 0.15) is 5.56 Å². The zero-order valence-electron chi connectivity index (χ0n) is 11.3. The lowest BCUT2D eigenvalue weighted by Crippen LogP contribution is -2.01. The van der Waals surface area contributed by atoms with Crippen LogP contribution in [0.15, 0.2) is 62.7 Å². The maximum Gasteiger partial charge on any atom is 0.363 e. The van der Waals surface area contributed by atoms with Crippen molar-refractivity contribution in [2.75, 3.05) is 0 Å². The van der Waals surface area contributed by atoms with Crippen LogP contribution in [0.3, 0.4) is 0 Å². The van der Waals surface area contributed by atoms with Gasteiger partial charge in [-0.3, -0.25) is 0 Å². The molecule has 21 heavy (non-hydrogen) atoms. The van der Waals surface area contributed by atoms with Gasteiger partial charge in [0.15, 0.2) is 5.69 Å². The molecule has 1 aromatic heterocycles. The van der Waals surface area contributed by atoms with E-state index >= 15 is 0 Å². The molecular weight excluding hydrogens is 266 g/mol. The zero-order chi connectivity index (χ0) is 14.8. The molecule has 3 rings (SSSR count). The van der Waals surface area contributed by atoms with Gasteiger partial charge >= 0.3 is 5.63 Å². The van der Waals surface area contributed by atoms with Crippen molar-refractivity contribution in [1.29, 1.82) is 0 Å². The molecule has 0 aliphatic rings. The standard InChI is InChI=1S/C17H11NO3/c1-11-6-2-3-7-12(11)15-13-8-4-5-9-14(13)21-17(20)16(15)18-10-19/h2-9H,1H3. The Bertz CT molecular complexity index is 934. The van der Waals surface area contributed by atoms with E-state index in [0.717, 1.165) is 16.5 Å². The summed E-state index contributed by atoms with van der Waals surface area (Å²) in [6.07, 6.45) is 1.43. The van der Waals surface area contributed by atoms with E-state index in [1.165, 1.54) is 6.08 Å². The predicted octanol–water partition coefficient (Wildman–Crippen LogP) is 3.74. The van der Waals surface area contributed by atoms with Crippen molar-refractivity contribution >= 4 is 22.7 Å². The Morgan fingerprint density at radius 2 is 1.76 bits per heavy atom. The van der Waals surface area contributed by atoms with Crippen LogP contribution in [0.25, 0.3) is 22.1 Å². The van der Waals surface area contributed by atoms with Gasteiger partial charge < -0.3 is 4.42 Å². The van der Waals surface area contributed by atoms with Gasteiger partial charge in [0.2, 0.25) is 6.08 Å². The van der Waals surface area contributed by atoms with Crippen LogP contribution in [-0.2, 0) is 4.79 Å². The van der Waals surface area contributed by atoms with E-state index in [9.17, 15) is 9.59 Å². The first-order chi connectivity index (χ1) is 10.2. The number of fused-ring (bicyclic) bond motifs is 1. The summed E-state index contributed by atoms with van der Waals surface area (Å²) in [6, 6.07) is 14.8. The van der Waals surface area contributed by atoms with E-state index in [2.05, 4.69) is 4.99 Å². The summed E-state index contributed by atoms with van der Waals surface area (Å²) in [5.74, 6) is 0. The molecule has 0 unspecified atom stereocenters. The van der Waals surface area contributed by atoms with E-state index in [-0.39, 0.29) is 5.69 Å². The highest BCUT2D eigenvalue weighted by Crippen LogP contribution is 2.36. The number of rotatable bonds is 2. The Balaban J connectivity index is 2.54. The van der Waals surface area contributed by atoms with Crippen LogP contribution >= 0.6 is 0 Å². The molecule has 2 aromatic carbocycles. The number of hydrogen-bond donors (Lipinski definition) is 0. The number of carbonyl (C=O) groups excluding carboxylic acids is 1. The second kappa shape index (κ2) is 5.19. The first kappa shape index (κ1) is 13.0. The maximum atomic E-state index is 12.1. The second-order valence-electron chi connectivity index (χ2n) is 4.63. The van der Waals surface area contributed by atoms with E-state index < -0.39 is 5.63 Å². The lowest BCUT2D eigenvalue weighted by molar-refractivity contribution is 0.557. The molecule has 0 fully saturated rings. The van der Waals surface area contributed by atoms with Crippen molar-refractivity contribution < 1.29 is 9.21 Å². The molecule has 1 heterocycles. The predicted molar refractivity (Wildman–Crippen MR) is 80.4 cm³/mol. The molecule has 0 saturated carbocycles. The summed E-state index contributed by atoms with van der Waals surface area (Å²) in [5.41, 5.74) is 2.23. The Labute approximate surface area is 120 Å². The first-order valence-corrected chi connectivity index (χ1v) is 6.42. The Morgan fingerprint density at radius 1 is 1.05 bits per heavy atom. The van der Waals surface area contributed by atoms with Crippen molar-refractivity contribution in [1.82, 2.24) is 0 Å². The highest BCUT2D eigenvalue weighted by molar-refractivity contribution is 5.99. The molecular formula is C17H11NO3. The summed E-state index contributed by atoms with van der Waals surface area (Å²) in [5, 5.41) is 0.736. The van der Waals surface area contributed by atoms with Crippen LogP contribution in [0.5, 0.6) is 0 Å². The zero-order valence-corrected chi connectivity index (χ0v) is 11.3. The van der Waals surface area contributed by atoms with Crippen molar-refractivity contribution in [3.8, 4) is 11.1 Å². The maximum absolute atomic E-state index is 12.1.